The molecule has 27 heavy (non-hydrogen) atoms. The molecule has 2 N–H and O–H groups in total. The molecule has 0 unspecified atom stereocenters. The summed E-state index contributed by atoms with van der Waals surface area (Å²) in [6, 6.07) is -0.803. The second kappa shape index (κ2) is 8.57. The lowest BCUT2D eigenvalue weighted by Gasteiger charge is -2.49. The van der Waals surface area contributed by atoms with Crippen molar-refractivity contribution in [2.45, 2.75) is 23.0 Å². The molecule has 2 saturated heterocycles. The van der Waals surface area contributed by atoms with E-state index >= 15 is 0 Å². The SMILES string of the molecule is CC(=O)OCC1=C(C(=O)O)N2C(=O)[C@@H](NC(=O)C=NC3SCCS3)[C@H]2SC1. The van der Waals surface area contributed by atoms with E-state index in [1.54, 1.807) is 23.5 Å². The van der Waals surface area contributed by atoms with Crippen LogP contribution in [0.1, 0.15) is 6.92 Å². The minimum absolute atomic E-state index is 0.00113. The summed E-state index contributed by atoms with van der Waals surface area (Å²) >= 11 is 4.62. The van der Waals surface area contributed by atoms with Crippen molar-refractivity contribution < 1.29 is 29.0 Å². The number of rotatable bonds is 6. The summed E-state index contributed by atoms with van der Waals surface area (Å²) in [6.07, 6.45) is 1.18. The second-order valence-electron chi connectivity index (χ2n) is 5.76. The third-order valence-corrected chi connectivity index (χ3v) is 8.02. The summed E-state index contributed by atoms with van der Waals surface area (Å²) in [5.74, 6) is -0.509. The maximum atomic E-state index is 12.4. The molecule has 2 atom stereocenters. The number of carbonyl (C=O) groups is 4. The summed E-state index contributed by atoms with van der Waals surface area (Å²) in [6.45, 7) is 1.05. The van der Waals surface area contributed by atoms with Crippen molar-refractivity contribution in [3.63, 3.8) is 0 Å². The number of esters is 1. The molecule has 2 fully saturated rings. The van der Waals surface area contributed by atoms with Crippen LogP contribution in [0.2, 0.25) is 0 Å². The molecule has 0 aromatic carbocycles. The summed E-state index contributed by atoms with van der Waals surface area (Å²) < 4.78 is 4.87. The summed E-state index contributed by atoms with van der Waals surface area (Å²) in [4.78, 5) is 52.4. The number of fused-ring (bicyclic) bond motifs is 1. The quantitative estimate of drug-likeness (QED) is 0.343. The molecule has 9 nitrogen and oxygen atoms in total. The fourth-order valence-electron chi connectivity index (χ4n) is 2.73. The number of amides is 2. The van der Waals surface area contributed by atoms with E-state index in [-0.39, 0.29) is 17.0 Å². The predicted molar refractivity (Wildman–Crippen MR) is 104 cm³/mol. The van der Waals surface area contributed by atoms with Gasteiger partial charge in [0.05, 0.1) is 6.21 Å². The Morgan fingerprint density at radius 3 is 2.67 bits per heavy atom. The number of hydrogen-bond acceptors (Lipinski definition) is 9. The lowest BCUT2D eigenvalue weighted by atomic mass is 10.0. The molecule has 0 bridgehead atoms. The zero-order valence-electron chi connectivity index (χ0n) is 14.2. The molecular formula is C15H17N3O6S3. The number of β-lactam (4-membered cyclic amide) rings is 1. The molecule has 146 valence electrons. The van der Waals surface area contributed by atoms with Gasteiger partial charge in [0.2, 0.25) is 0 Å². The Morgan fingerprint density at radius 1 is 1.33 bits per heavy atom. The van der Waals surface area contributed by atoms with E-state index in [4.69, 9.17) is 4.74 Å². The highest BCUT2D eigenvalue weighted by molar-refractivity contribution is 8.20. The first-order valence-corrected chi connectivity index (χ1v) is 11.1. The molecule has 3 heterocycles. The fraction of sp³-hybridized carbons (Fsp3) is 0.533. The number of nitrogens with zero attached hydrogens (tertiary/aromatic N) is 2. The normalized spacial score (nSPS) is 25.4. The minimum Gasteiger partial charge on any atom is -0.477 e. The first-order valence-electron chi connectivity index (χ1n) is 7.98. The average Bonchev–Trinajstić information content (AvgIpc) is 3.15. The third kappa shape index (κ3) is 4.43. The van der Waals surface area contributed by atoms with Crippen molar-refractivity contribution in [2.24, 2.45) is 4.99 Å². The van der Waals surface area contributed by atoms with Gasteiger partial charge in [-0.1, -0.05) is 0 Å². The molecule has 3 aliphatic heterocycles. The Balaban J connectivity index is 1.65. The van der Waals surface area contributed by atoms with Gasteiger partial charge < -0.3 is 15.2 Å². The number of aliphatic carboxylic acids is 1. The van der Waals surface area contributed by atoms with Gasteiger partial charge in [0, 0.05) is 29.8 Å². The fourth-order valence-corrected chi connectivity index (χ4v) is 6.49. The van der Waals surface area contributed by atoms with Crippen molar-refractivity contribution in [3.05, 3.63) is 11.3 Å². The van der Waals surface area contributed by atoms with E-state index in [1.165, 1.54) is 24.9 Å². The maximum Gasteiger partial charge on any atom is 0.352 e. The number of hydrogen-bond donors (Lipinski definition) is 2. The standard InChI is InChI=1S/C15H17N3O6S3/c1-7(19)24-5-8-6-27-13-10(12(21)18(13)11(8)14(22)23)17-9(20)4-16-15-25-2-3-26-15/h4,10,13,15H,2-3,5-6H2,1H3,(H,17,20)(H,22,23)/t10-,13-/m1/s1. The molecule has 0 spiro atoms. The van der Waals surface area contributed by atoms with Crippen molar-refractivity contribution in [3.8, 4) is 0 Å². The number of carboxylic acids is 1. The van der Waals surface area contributed by atoms with Gasteiger partial charge in [0.1, 0.15) is 28.4 Å². The van der Waals surface area contributed by atoms with Gasteiger partial charge >= 0.3 is 11.9 Å². The molecule has 0 aromatic rings. The number of aliphatic imine (C=N–C) groups is 1. The Kier molecular flexibility index (Phi) is 6.37. The Morgan fingerprint density at radius 2 is 2.04 bits per heavy atom. The van der Waals surface area contributed by atoms with Crippen LogP contribution in [0, 0.1) is 0 Å². The lowest BCUT2D eigenvalue weighted by molar-refractivity contribution is -0.150. The number of carboxylic acid groups (broad SMARTS) is 1. The molecule has 0 aromatic heterocycles. The van der Waals surface area contributed by atoms with E-state index < -0.39 is 35.2 Å². The maximum absolute atomic E-state index is 12.4. The smallest absolute Gasteiger partial charge is 0.352 e. The van der Waals surface area contributed by atoms with Crippen molar-refractivity contribution >= 4 is 65.3 Å². The largest absolute Gasteiger partial charge is 0.477 e. The van der Waals surface area contributed by atoms with Gasteiger partial charge in [-0.2, -0.15) is 0 Å². The van der Waals surface area contributed by atoms with Crippen LogP contribution in [-0.4, -0.2) is 80.0 Å². The van der Waals surface area contributed by atoms with Crippen LogP contribution >= 0.6 is 35.3 Å². The van der Waals surface area contributed by atoms with Crippen LogP contribution in [0.25, 0.3) is 0 Å². The van der Waals surface area contributed by atoms with Gasteiger partial charge in [0.15, 0.2) is 0 Å². The van der Waals surface area contributed by atoms with Crippen LogP contribution in [-0.2, 0) is 23.9 Å². The van der Waals surface area contributed by atoms with Gasteiger partial charge in [-0.15, -0.1) is 35.3 Å². The predicted octanol–water partition coefficient (Wildman–Crippen LogP) is 0.123. The Bertz CT molecular complexity index is 734. The van der Waals surface area contributed by atoms with E-state index in [0.717, 1.165) is 16.4 Å². The van der Waals surface area contributed by atoms with Crippen LogP contribution in [0.3, 0.4) is 0 Å². The van der Waals surface area contributed by atoms with E-state index in [2.05, 4.69) is 10.3 Å². The number of nitrogens with one attached hydrogen (secondary N) is 1. The molecule has 12 heteroatoms. The van der Waals surface area contributed by atoms with Crippen LogP contribution in [0.4, 0.5) is 0 Å². The summed E-state index contributed by atoms with van der Waals surface area (Å²) in [5.41, 5.74) is 0.178. The molecule has 3 rings (SSSR count). The van der Waals surface area contributed by atoms with Crippen molar-refractivity contribution in [2.75, 3.05) is 23.9 Å². The summed E-state index contributed by atoms with van der Waals surface area (Å²) in [7, 11) is 0. The summed E-state index contributed by atoms with van der Waals surface area (Å²) in [5, 5.41) is 11.6. The minimum atomic E-state index is -1.27. The monoisotopic (exact) mass is 431 g/mol. The van der Waals surface area contributed by atoms with Crippen molar-refractivity contribution in [1.82, 2.24) is 10.2 Å². The Labute approximate surface area is 167 Å². The van der Waals surface area contributed by atoms with Crippen molar-refractivity contribution in [1.29, 1.82) is 0 Å². The highest BCUT2D eigenvalue weighted by Gasteiger charge is 2.54. The number of carbonyl (C=O) groups excluding carboxylic acids is 3. The van der Waals surface area contributed by atoms with E-state index in [0.29, 0.717) is 11.3 Å². The first-order chi connectivity index (χ1) is 12.9. The molecule has 3 aliphatic rings. The number of ether oxygens (including phenoxy) is 1. The van der Waals surface area contributed by atoms with Crippen LogP contribution < -0.4 is 5.32 Å². The number of thioether (sulfide) groups is 3. The van der Waals surface area contributed by atoms with E-state index in [1.807, 2.05) is 0 Å². The van der Waals surface area contributed by atoms with Crippen LogP contribution in [0.5, 0.6) is 0 Å². The van der Waals surface area contributed by atoms with Crippen LogP contribution in [0.15, 0.2) is 16.3 Å². The zero-order chi connectivity index (χ0) is 19.6. The molecule has 0 saturated carbocycles. The average molecular weight is 432 g/mol. The Hall–Kier alpha value is -1.66. The first kappa shape index (κ1) is 20.1. The molecule has 0 aliphatic carbocycles. The van der Waals surface area contributed by atoms with Gasteiger partial charge in [-0.3, -0.25) is 24.3 Å². The van der Waals surface area contributed by atoms with Gasteiger partial charge in [-0.25, -0.2) is 4.79 Å². The highest BCUT2D eigenvalue weighted by atomic mass is 32.2. The molecule has 2 amide bonds. The molecular weight excluding hydrogens is 414 g/mol. The van der Waals surface area contributed by atoms with E-state index in [9.17, 15) is 24.3 Å². The van der Waals surface area contributed by atoms with Gasteiger partial charge in [-0.05, 0) is 0 Å². The lowest BCUT2D eigenvalue weighted by Crippen LogP contribution is -2.70. The van der Waals surface area contributed by atoms with Gasteiger partial charge in [0.25, 0.3) is 11.8 Å². The highest BCUT2D eigenvalue weighted by Crippen LogP contribution is 2.40. The zero-order valence-corrected chi connectivity index (χ0v) is 16.7. The third-order valence-electron chi connectivity index (χ3n) is 3.91. The second-order valence-corrected chi connectivity index (χ2v) is 9.54. The molecule has 0 radical (unpaired) electrons. The topological polar surface area (TPSA) is 125 Å².